The number of ether oxygens (including phenoxy) is 2. The van der Waals surface area contributed by atoms with Crippen molar-refractivity contribution in [2.75, 3.05) is 50.2 Å². The van der Waals surface area contributed by atoms with Gasteiger partial charge in [0.1, 0.15) is 13.2 Å². The van der Waals surface area contributed by atoms with Crippen LogP contribution in [0.2, 0.25) is 0 Å². The summed E-state index contributed by atoms with van der Waals surface area (Å²) >= 11 is 0. The zero-order valence-corrected chi connectivity index (χ0v) is 23.1. The largest absolute Gasteiger partial charge is 0.489 e. The number of hydrogen-bond donors (Lipinski definition) is 0. The number of benzene rings is 4. The van der Waals surface area contributed by atoms with Crippen molar-refractivity contribution >= 4 is 48.2 Å². The monoisotopic (exact) mass is 542 g/mol. The van der Waals surface area contributed by atoms with Crippen LogP contribution in [-0.2, 0) is 9.13 Å². The molecule has 0 spiro atoms. The van der Waals surface area contributed by atoms with Gasteiger partial charge in [0.15, 0.2) is 22.1 Å². The molecule has 2 heterocycles. The molecule has 6 rings (SSSR count). The number of nitrogens with zero attached hydrogens (tertiary/aromatic N) is 2. The highest BCUT2D eigenvalue weighted by atomic mass is 31.1. The fourth-order valence-electron chi connectivity index (χ4n) is 5.05. The van der Waals surface area contributed by atoms with E-state index in [9.17, 15) is 9.13 Å². The Hall–Kier alpha value is -3.72. The lowest BCUT2D eigenvalue weighted by Crippen LogP contribution is -2.32. The molecule has 0 saturated carbocycles. The molecule has 0 aromatic heterocycles. The average molecular weight is 543 g/mol. The molecule has 4 aromatic carbocycles. The third-order valence-electron chi connectivity index (χ3n) is 7.07. The molecular weight excluding hydrogens is 514 g/mol. The maximum atomic E-state index is 14.1. The van der Waals surface area contributed by atoms with Gasteiger partial charge >= 0.3 is 15.6 Å². The molecule has 4 aromatic rings. The van der Waals surface area contributed by atoms with E-state index in [0.717, 1.165) is 35.1 Å². The topological polar surface area (TPSA) is 59.1 Å². The first-order chi connectivity index (χ1) is 18.5. The van der Waals surface area contributed by atoms with E-state index >= 15 is 0 Å². The molecule has 6 nitrogen and oxygen atoms in total. The molecule has 190 valence electrons. The van der Waals surface area contributed by atoms with E-state index in [1.54, 1.807) is 0 Å². The number of fused-ring (bicyclic) bond motifs is 2. The zero-order valence-electron chi connectivity index (χ0n) is 21.3. The lowest BCUT2D eigenvalue weighted by atomic mass is 9.99. The van der Waals surface area contributed by atoms with Crippen LogP contribution in [0.3, 0.4) is 0 Å². The fourth-order valence-corrected chi connectivity index (χ4v) is 7.75. The van der Waals surface area contributed by atoms with Crippen LogP contribution in [0.1, 0.15) is 0 Å². The van der Waals surface area contributed by atoms with E-state index < -0.39 is 15.6 Å². The van der Waals surface area contributed by atoms with E-state index in [-0.39, 0.29) is 0 Å². The van der Waals surface area contributed by atoms with Gasteiger partial charge in [-0.1, -0.05) is 45.5 Å². The van der Waals surface area contributed by atoms with Gasteiger partial charge in [0.25, 0.3) is 0 Å². The molecule has 0 aliphatic carbocycles. The zero-order chi connectivity index (χ0) is 26.2. The van der Waals surface area contributed by atoms with Crippen LogP contribution >= 0.6 is 15.6 Å². The lowest BCUT2D eigenvalue weighted by Gasteiger charge is -2.31. The third-order valence-corrected chi connectivity index (χ3v) is 10.2. The highest BCUT2D eigenvalue weighted by Crippen LogP contribution is 2.49. The second-order valence-corrected chi connectivity index (χ2v) is 12.6. The lowest BCUT2D eigenvalue weighted by molar-refractivity contribution is 0.308. The second-order valence-electron chi connectivity index (χ2n) is 9.42. The summed E-state index contributed by atoms with van der Waals surface area (Å²) in [6.45, 7) is 2.48. The SMILES string of the molecule is CN1CCOc2c1ccc([P+](=O)c1ccccc1)c2-c1c([P+](=O)c2ccccc2)ccc2c1OCCN2C. The van der Waals surface area contributed by atoms with Gasteiger partial charge in [-0.2, -0.15) is 0 Å². The Bertz CT molecular complexity index is 1430. The van der Waals surface area contributed by atoms with Gasteiger partial charge < -0.3 is 19.3 Å². The van der Waals surface area contributed by atoms with Crippen LogP contribution in [-0.4, -0.2) is 40.4 Å². The fraction of sp³-hybridized carbons (Fsp3) is 0.200. The number of likely N-dealkylation sites (N-methyl/N-ethyl adjacent to an activating group) is 2. The molecule has 0 amide bonds. The van der Waals surface area contributed by atoms with E-state index in [1.165, 1.54) is 0 Å². The van der Waals surface area contributed by atoms with Gasteiger partial charge in [-0.15, -0.1) is 0 Å². The normalized spacial score (nSPS) is 15.1. The van der Waals surface area contributed by atoms with Crippen molar-refractivity contribution in [3.8, 4) is 22.6 Å². The third kappa shape index (κ3) is 4.24. The van der Waals surface area contributed by atoms with Gasteiger partial charge in [-0.05, 0) is 48.5 Å². The predicted octanol–water partition coefficient (Wildman–Crippen LogP) is 4.57. The summed E-state index contributed by atoms with van der Waals surface area (Å²) in [5.41, 5.74) is 3.21. The molecule has 0 fully saturated rings. The van der Waals surface area contributed by atoms with E-state index in [4.69, 9.17) is 9.47 Å². The summed E-state index contributed by atoms with van der Waals surface area (Å²) in [6, 6.07) is 26.7. The maximum absolute atomic E-state index is 14.1. The molecule has 2 atom stereocenters. The van der Waals surface area contributed by atoms with Crippen LogP contribution in [0.4, 0.5) is 11.4 Å². The molecule has 8 heteroatoms. The first-order valence-electron chi connectivity index (χ1n) is 12.6. The van der Waals surface area contributed by atoms with Crippen LogP contribution in [0, 0.1) is 0 Å². The molecule has 2 aliphatic heterocycles. The van der Waals surface area contributed by atoms with Crippen molar-refractivity contribution in [2.24, 2.45) is 0 Å². The average Bonchev–Trinajstić information content (AvgIpc) is 2.97. The Labute approximate surface area is 224 Å². The van der Waals surface area contributed by atoms with Gasteiger partial charge in [0.05, 0.1) is 35.6 Å². The van der Waals surface area contributed by atoms with Crippen molar-refractivity contribution in [1.29, 1.82) is 0 Å². The number of hydrogen-bond acceptors (Lipinski definition) is 6. The Morgan fingerprint density at radius 2 is 0.974 bits per heavy atom. The van der Waals surface area contributed by atoms with Crippen LogP contribution in [0.5, 0.6) is 11.5 Å². The summed E-state index contributed by atoms with van der Waals surface area (Å²) < 4.78 is 41.0. The second kappa shape index (κ2) is 10.2. The van der Waals surface area contributed by atoms with Gasteiger partial charge in [-0.25, -0.2) is 0 Å². The van der Waals surface area contributed by atoms with E-state index in [2.05, 4.69) is 9.80 Å². The van der Waals surface area contributed by atoms with Gasteiger partial charge in [-0.3, -0.25) is 0 Å². The summed E-state index contributed by atoms with van der Waals surface area (Å²) in [7, 11) is 0.117. The highest BCUT2D eigenvalue weighted by molar-refractivity contribution is 7.62. The number of rotatable bonds is 5. The molecule has 0 radical (unpaired) electrons. The molecular formula is C30H28N2O4P2+2. The Morgan fingerprint density at radius 1 is 0.579 bits per heavy atom. The quantitative estimate of drug-likeness (QED) is 0.345. The maximum Gasteiger partial charge on any atom is 0.416 e. The van der Waals surface area contributed by atoms with Crippen LogP contribution in [0.15, 0.2) is 84.9 Å². The van der Waals surface area contributed by atoms with Gasteiger partial charge in [0, 0.05) is 14.1 Å². The molecule has 2 aliphatic rings. The van der Waals surface area contributed by atoms with E-state index in [1.807, 2.05) is 99.0 Å². The Balaban J connectivity index is 1.69. The minimum absolute atomic E-state index is 0.498. The predicted molar refractivity (Wildman–Crippen MR) is 156 cm³/mol. The summed E-state index contributed by atoms with van der Waals surface area (Å²) in [5, 5.41) is 2.74. The van der Waals surface area contributed by atoms with Crippen molar-refractivity contribution in [1.82, 2.24) is 0 Å². The Morgan fingerprint density at radius 3 is 1.37 bits per heavy atom. The minimum Gasteiger partial charge on any atom is -0.489 e. The van der Waals surface area contributed by atoms with Crippen molar-refractivity contribution in [3.05, 3.63) is 84.9 Å². The molecule has 0 N–H and O–H groups in total. The standard InChI is InChI=1S/C30H28N2O4P2/c1-31-17-19-35-29-23(31)13-15-25(37(33)21-9-5-3-6-10-21)27(29)28-26(38(34)22-11-7-4-8-12-22)16-14-24-30(28)36-20-18-32(24)2/h3-16H,17-20H2,1-2H3/q+2. The van der Waals surface area contributed by atoms with Gasteiger partial charge in [0.2, 0.25) is 10.6 Å². The molecule has 38 heavy (non-hydrogen) atoms. The summed E-state index contributed by atoms with van der Waals surface area (Å²) in [5.74, 6) is 1.30. The van der Waals surface area contributed by atoms with Crippen molar-refractivity contribution in [3.63, 3.8) is 0 Å². The molecule has 0 saturated heterocycles. The van der Waals surface area contributed by atoms with Crippen LogP contribution in [0.25, 0.3) is 11.1 Å². The highest BCUT2D eigenvalue weighted by Gasteiger charge is 2.41. The summed E-state index contributed by atoms with van der Waals surface area (Å²) in [4.78, 5) is 4.28. The van der Waals surface area contributed by atoms with E-state index in [0.29, 0.717) is 46.4 Å². The number of anilines is 2. The minimum atomic E-state index is -1.97. The smallest absolute Gasteiger partial charge is 0.416 e. The Kier molecular flexibility index (Phi) is 6.61. The van der Waals surface area contributed by atoms with Crippen LogP contribution < -0.4 is 40.5 Å². The van der Waals surface area contributed by atoms with Crippen molar-refractivity contribution in [2.45, 2.75) is 0 Å². The summed E-state index contributed by atoms with van der Waals surface area (Å²) in [6.07, 6.45) is 0. The first kappa shape index (κ1) is 24.6. The van der Waals surface area contributed by atoms with Crippen molar-refractivity contribution < 1.29 is 18.6 Å². The molecule has 2 unspecified atom stereocenters. The first-order valence-corrected chi connectivity index (χ1v) is 15.1. The molecule has 0 bridgehead atoms.